The number of benzene rings is 1. The zero-order valence-corrected chi connectivity index (χ0v) is 8.45. The van der Waals surface area contributed by atoms with Gasteiger partial charge in [0.15, 0.2) is 0 Å². The van der Waals surface area contributed by atoms with Crippen molar-refractivity contribution in [1.29, 1.82) is 0 Å². The first-order valence-corrected chi connectivity index (χ1v) is 4.35. The molecule has 0 saturated heterocycles. The molecule has 0 saturated carbocycles. The number of hydrogen-bond acceptors (Lipinski definition) is 1. The van der Waals surface area contributed by atoms with Gasteiger partial charge in [-0.1, -0.05) is 23.2 Å². The van der Waals surface area contributed by atoms with Gasteiger partial charge in [-0.05, 0) is 32.0 Å². The van der Waals surface area contributed by atoms with Gasteiger partial charge in [-0.25, -0.2) is 0 Å². The molecule has 1 aromatic carbocycles. The first-order chi connectivity index (χ1) is 5.41. The van der Waals surface area contributed by atoms with E-state index in [-0.39, 0.29) is 0 Å². The van der Waals surface area contributed by atoms with Crippen molar-refractivity contribution in [1.82, 2.24) is 0 Å². The second kappa shape index (κ2) is 3.25. The van der Waals surface area contributed by atoms with E-state index < -0.39 is 5.60 Å². The Hall–Kier alpha value is -0.240. The fraction of sp³-hybridized carbons (Fsp3) is 0.333. The second-order valence-electron chi connectivity index (χ2n) is 3.18. The van der Waals surface area contributed by atoms with Crippen molar-refractivity contribution in [3.8, 4) is 0 Å². The summed E-state index contributed by atoms with van der Waals surface area (Å²) in [6, 6.07) is 5.04. The third-order valence-corrected chi connectivity index (χ3v) is 2.15. The topological polar surface area (TPSA) is 20.2 Å². The molecule has 0 fully saturated rings. The average Bonchev–Trinajstić information content (AvgIpc) is 1.92. The van der Waals surface area contributed by atoms with Crippen LogP contribution in [0.3, 0.4) is 0 Å². The standard InChI is InChI=1S/C9H10Cl2O/c1-9(2,12)7-5-6(10)3-4-8(7)11/h3-5,12H,1-2H3. The maximum absolute atomic E-state index is 9.65. The summed E-state index contributed by atoms with van der Waals surface area (Å²) >= 11 is 11.6. The van der Waals surface area contributed by atoms with E-state index in [0.717, 1.165) is 0 Å². The van der Waals surface area contributed by atoms with E-state index in [1.54, 1.807) is 32.0 Å². The third kappa shape index (κ3) is 2.13. The maximum Gasteiger partial charge on any atom is 0.0855 e. The van der Waals surface area contributed by atoms with Crippen molar-refractivity contribution in [2.45, 2.75) is 19.4 Å². The molecule has 12 heavy (non-hydrogen) atoms. The van der Waals surface area contributed by atoms with Gasteiger partial charge in [0.25, 0.3) is 0 Å². The minimum absolute atomic E-state index is 0.534. The molecule has 0 amide bonds. The van der Waals surface area contributed by atoms with Crippen LogP contribution in [0.15, 0.2) is 18.2 Å². The van der Waals surface area contributed by atoms with E-state index in [9.17, 15) is 5.11 Å². The lowest BCUT2D eigenvalue weighted by molar-refractivity contribution is 0.0787. The fourth-order valence-electron chi connectivity index (χ4n) is 0.966. The third-order valence-electron chi connectivity index (χ3n) is 1.59. The summed E-state index contributed by atoms with van der Waals surface area (Å²) in [6.07, 6.45) is 0. The predicted molar refractivity (Wildman–Crippen MR) is 51.7 cm³/mol. The van der Waals surface area contributed by atoms with Crippen LogP contribution in [0, 0.1) is 0 Å². The Morgan fingerprint density at radius 3 is 2.25 bits per heavy atom. The van der Waals surface area contributed by atoms with Crippen LogP contribution in [-0.2, 0) is 5.60 Å². The zero-order valence-electron chi connectivity index (χ0n) is 6.94. The lowest BCUT2D eigenvalue weighted by Gasteiger charge is -2.19. The molecule has 0 aliphatic heterocycles. The molecule has 0 aliphatic carbocycles. The smallest absolute Gasteiger partial charge is 0.0855 e. The van der Waals surface area contributed by atoms with E-state index in [2.05, 4.69) is 0 Å². The highest BCUT2D eigenvalue weighted by atomic mass is 35.5. The first-order valence-electron chi connectivity index (χ1n) is 3.59. The summed E-state index contributed by atoms with van der Waals surface area (Å²) in [5, 5.41) is 10.8. The van der Waals surface area contributed by atoms with Gasteiger partial charge in [-0.2, -0.15) is 0 Å². The average molecular weight is 205 g/mol. The maximum atomic E-state index is 9.65. The summed E-state index contributed by atoms with van der Waals surface area (Å²) < 4.78 is 0. The summed E-state index contributed by atoms with van der Waals surface area (Å²) in [5.74, 6) is 0. The fourth-order valence-corrected chi connectivity index (χ4v) is 1.49. The quantitative estimate of drug-likeness (QED) is 0.746. The summed E-state index contributed by atoms with van der Waals surface area (Å²) in [7, 11) is 0. The van der Waals surface area contributed by atoms with E-state index in [0.29, 0.717) is 15.6 Å². The van der Waals surface area contributed by atoms with Crippen molar-refractivity contribution in [3.63, 3.8) is 0 Å². The highest BCUT2D eigenvalue weighted by Crippen LogP contribution is 2.29. The molecule has 1 N–H and O–H groups in total. The van der Waals surface area contributed by atoms with E-state index >= 15 is 0 Å². The predicted octanol–water partition coefficient (Wildman–Crippen LogP) is 3.22. The Kier molecular flexibility index (Phi) is 2.67. The van der Waals surface area contributed by atoms with Crippen LogP contribution >= 0.6 is 23.2 Å². The molecule has 0 aliphatic rings. The highest BCUT2D eigenvalue weighted by Gasteiger charge is 2.19. The van der Waals surface area contributed by atoms with Crippen molar-refractivity contribution < 1.29 is 5.11 Å². The molecule has 0 aromatic heterocycles. The highest BCUT2D eigenvalue weighted by molar-refractivity contribution is 6.33. The molecule has 0 heterocycles. The van der Waals surface area contributed by atoms with Gasteiger partial charge in [0.05, 0.1) is 5.60 Å². The Morgan fingerprint density at radius 1 is 1.25 bits per heavy atom. The molecule has 0 spiro atoms. The zero-order chi connectivity index (χ0) is 9.35. The first kappa shape index (κ1) is 9.85. The van der Waals surface area contributed by atoms with E-state index in [4.69, 9.17) is 23.2 Å². The van der Waals surface area contributed by atoms with Crippen LogP contribution in [0.2, 0.25) is 10.0 Å². The van der Waals surface area contributed by atoms with Crippen LogP contribution in [0.5, 0.6) is 0 Å². The molecule has 1 nitrogen and oxygen atoms in total. The van der Waals surface area contributed by atoms with Gasteiger partial charge in [0.2, 0.25) is 0 Å². The Balaban J connectivity index is 3.23. The molecule has 0 bridgehead atoms. The summed E-state index contributed by atoms with van der Waals surface area (Å²) in [5.41, 5.74) is -0.293. The Morgan fingerprint density at radius 2 is 1.83 bits per heavy atom. The molecule has 66 valence electrons. The van der Waals surface area contributed by atoms with E-state index in [1.165, 1.54) is 0 Å². The molecule has 0 unspecified atom stereocenters. The molecule has 3 heteroatoms. The molecular weight excluding hydrogens is 195 g/mol. The SMILES string of the molecule is CC(C)(O)c1cc(Cl)ccc1Cl. The minimum Gasteiger partial charge on any atom is -0.386 e. The molecule has 1 rings (SSSR count). The summed E-state index contributed by atoms with van der Waals surface area (Å²) in [6.45, 7) is 3.34. The van der Waals surface area contributed by atoms with Crippen molar-refractivity contribution in [2.75, 3.05) is 0 Å². The lowest BCUT2D eigenvalue weighted by atomic mass is 9.99. The van der Waals surface area contributed by atoms with Crippen molar-refractivity contribution in [3.05, 3.63) is 33.8 Å². The number of aliphatic hydroxyl groups is 1. The summed E-state index contributed by atoms with van der Waals surface area (Å²) in [4.78, 5) is 0. The van der Waals surface area contributed by atoms with Gasteiger partial charge in [0.1, 0.15) is 0 Å². The molecular formula is C9H10Cl2O. The van der Waals surface area contributed by atoms with E-state index in [1.807, 2.05) is 0 Å². The van der Waals surface area contributed by atoms with Gasteiger partial charge >= 0.3 is 0 Å². The van der Waals surface area contributed by atoms with Gasteiger partial charge in [-0.15, -0.1) is 0 Å². The number of rotatable bonds is 1. The Bertz CT molecular complexity index is 289. The lowest BCUT2D eigenvalue weighted by Crippen LogP contribution is -2.15. The van der Waals surface area contributed by atoms with Gasteiger partial charge in [0, 0.05) is 15.6 Å². The number of halogens is 2. The normalized spacial score (nSPS) is 11.8. The molecule has 0 atom stereocenters. The van der Waals surface area contributed by atoms with Crippen LogP contribution in [0.4, 0.5) is 0 Å². The number of hydrogen-bond donors (Lipinski definition) is 1. The van der Waals surface area contributed by atoms with Gasteiger partial charge in [-0.3, -0.25) is 0 Å². The van der Waals surface area contributed by atoms with Crippen LogP contribution < -0.4 is 0 Å². The van der Waals surface area contributed by atoms with Gasteiger partial charge < -0.3 is 5.11 Å². The van der Waals surface area contributed by atoms with Crippen molar-refractivity contribution in [2.24, 2.45) is 0 Å². The monoisotopic (exact) mass is 204 g/mol. The van der Waals surface area contributed by atoms with Crippen LogP contribution in [0.1, 0.15) is 19.4 Å². The Labute approximate surface area is 81.9 Å². The second-order valence-corrected chi connectivity index (χ2v) is 4.03. The largest absolute Gasteiger partial charge is 0.386 e. The van der Waals surface area contributed by atoms with Crippen LogP contribution in [-0.4, -0.2) is 5.11 Å². The van der Waals surface area contributed by atoms with Crippen molar-refractivity contribution >= 4 is 23.2 Å². The van der Waals surface area contributed by atoms with Crippen LogP contribution in [0.25, 0.3) is 0 Å². The molecule has 0 radical (unpaired) electrons. The minimum atomic E-state index is -0.942. The molecule has 1 aromatic rings.